The maximum absolute atomic E-state index is 5.32. The summed E-state index contributed by atoms with van der Waals surface area (Å²) in [5, 5.41) is 6.54. The molecule has 0 radical (unpaired) electrons. The molecular weight excluding hydrogens is 415 g/mol. The molecule has 138 valence electrons. The normalized spacial score (nSPS) is 10.9. The topological polar surface area (TPSA) is 48.9 Å². The second-order valence-corrected chi connectivity index (χ2v) is 5.35. The van der Waals surface area contributed by atoms with Crippen LogP contribution in [0.1, 0.15) is 26.7 Å². The molecule has 0 aromatic heterocycles. The molecule has 0 aliphatic carbocycles. The molecule has 1 rings (SSSR count). The Hall–Kier alpha value is -1.02. The van der Waals surface area contributed by atoms with Crippen LogP contribution in [0.3, 0.4) is 0 Å². The number of anilines is 1. The first-order chi connectivity index (χ1) is 11.3. The molecule has 0 unspecified atom stereocenters. The van der Waals surface area contributed by atoms with Gasteiger partial charge in [-0.25, -0.2) is 0 Å². The zero-order chi connectivity index (χ0) is 16.8. The molecule has 0 fully saturated rings. The Balaban J connectivity index is 0.00000529. The van der Waals surface area contributed by atoms with Gasteiger partial charge in [-0.2, -0.15) is 0 Å². The van der Waals surface area contributed by atoms with Crippen LogP contribution in [-0.4, -0.2) is 52.4 Å². The van der Waals surface area contributed by atoms with Gasteiger partial charge in [0.05, 0.1) is 6.61 Å². The number of benzene rings is 1. The van der Waals surface area contributed by atoms with E-state index >= 15 is 0 Å². The van der Waals surface area contributed by atoms with Crippen LogP contribution < -0.4 is 15.5 Å². The van der Waals surface area contributed by atoms with Crippen molar-refractivity contribution in [2.24, 2.45) is 4.99 Å². The van der Waals surface area contributed by atoms with Gasteiger partial charge >= 0.3 is 0 Å². The number of hydrogen-bond acceptors (Lipinski definition) is 3. The molecule has 0 aliphatic rings. The molecule has 0 amide bonds. The van der Waals surface area contributed by atoms with Crippen molar-refractivity contribution in [1.29, 1.82) is 0 Å². The summed E-state index contributed by atoms with van der Waals surface area (Å²) in [6.45, 7) is 9.10. The van der Waals surface area contributed by atoms with Crippen molar-refractivity contribution in [1.82, 2.24) is 10.6 Å². The lowest BCUT2D eigenvalue weighted by atomic mass is 10.2. The molecule has 0 aliphatic heterocycles. The molecule has 0 bridgehead atoms. The molecule has 2 N–H and O–H groups in total. The predicted octanol–water partition coefficient (Wildman–Crippen LogP) is 3.11. The van der Waals surface area contributed by atoms with E-state index < -0.39 is 0 Å². The smallest absolute Gasteiger partial charge is 0.191 e. The van der Waals surface area contributed by atoms with Gasteiger partial charge < -0.3 is 20.3 Å². The number of guanidine groups is 1. The van der Waals surface area contributed by atoms with Gasteiger partial charge in [0.2, 0.25) is 0 Å². The third kappa shape index (κ3) is 10.7. The summed E-state index contributed by atoms with van der Waals surface area (Å²) in [6, 6.07) is 10.5. The molecule has 0 saturated heterocycles. The van der Waals surface area contributed by atoms with Crippen LogP contribution in [0.5, 0.6) is 0 Å². The van der Waals surface area contributed by atoms with Gasteiger partial charge in [-0.3, -0.25) is 4.99 Å². The summed E-state index contributed by atoms with van der Waals surface area (Å²) in [4.78, 5) is 6.89. The largest absolute Gasteiger partial charge is 0.380 e. The number of ether oxygens (including phenoxy) is 1. The number of nitrogens with zero attached hydrogens (tertiary/aromatic N) is 2. The maximum Gasteiger partial charge on any atom is 0.191 e. The summed E-state index contributed by atoms with van der Waals surface area (Å²) >= 11 is 0. The van der Waals surface area contributed by atoms with E-state index in [0.29, 0.717) is 6.61 Å². The van der Waals surface area contributed by atoms with Crippen molar-refractivity contribution in [3.05, 3.63) is 30.3 Å². The first-order valence-electron chi connectivity index (χ1n) is 8.64. The van der Waals surface area contributed by atoms with Crippen molar-refractivity contribution < 1.29 is 4.74 Å². The molecule has 0 heterocycles. The minimum atomic E-state index is 0. The first kappa shape index (κ1) is 23.0. The minimum absolute atomic E-state index is 0. The molecule has 24 heavy (non-hydrogen) atoms. The molecule has 0 atom stereocenters. The maximum atomic E-state index is 5.32. The fourth-order valence-corrected chi connectivity index (χ4v) is 2.19. The Morgan fingerprint density at radius 2 is 1.88 bits per heavy atom. The van der Waals surface area contributed by atoms with Crippen molar-refractivity contribution in [2.45, 2.75) is 26.7 Å². The molecular formula is C18H33IN4O. The average molecular weight is 448 g/mol. The molecule has 5 nitrogen and oxygen atoms in total. The van der Waals surface area contributed by atoms with Crippen molar-refractivity contribution in [3.8, 4) is 0 Å². The van der Waals surface area contributed by atoms with Gasteiger partial charge in [0, 0.05) is 45.5 Å². The standard InChI is InChI=1S/C18H32N4O.HI/c1-4-19-18(21-14-16-23-5-2)20-13-9-10-15-22(3)17-11-7-6-8-12-17;/h6-8,11-12H,4-5,9-10,13-16H2,1-3H3,(H2,19,20,21);1H. The fourth-order valence-electron chi connectivity index (χ4n) is 2.19. The van der Waals surface area contributed by atoms with Crippen LogP contribution in [0, 0.1) is 0 Å². The molecule has 0 saturated carbocycles. The zero-order valence-corrected chi connectivity index (χ0v) is 17.6. The zero-order valence-electron chi connectivity index (χ0n) is 15.3. The van der Waals surface area contributed by atoms with Crippen molar-refractivity contribution in [2.75, 3.05) is 51.3 Å². The summed E-state index contributed by atoms with van der Waals surface area (Å²) in [7, 11) is 2.14. The van der Waals surface area contributed by atoms with Gasteiger partial charge in [0.25, 0.3) is 0 Å². The average Bonchev–Trinajstić information content (AvgIpc) is 2.58. The van der Waals surface area contributed by atoms with Crippen LogP contribution in [0.25, 0.3) is 0 Å². The second kappa shape index (κ2) is 15.5. The third-order valence-corrected chi connectivity index (χ3v) is 3.46. The van der Waals surface area contributed by atoms with Gasteiger partial charge in [-0.05, 0) is 38.8 Å². The second-order valence-electron chi connectivity index (χ2n) is 5.35. The summed E-state index contributed by atoms with van der Waals surface area (Å²) < 4.78 is 5.32. The van der Waals surface area contributed by atoms with E-state index in [1.54, 1.807) is 0 Å². The Labute approximate surface area is 164 Å². The van der Waals surface area contributed by atoms with Gasteiger partial charge in [-0.15, -0.1) is 24.0 Å². The monoisotopic (exact) mass is 448 g/mol. The van der Waals surface area contributed by atoms with Crippen LogP contribution in [0.15, 0.2) is 35.3 Å². The molecule has 6 heteroatoms. The molecule has 1 aromatic carbocycles. The van der Waals surface area contributed by atoms with E-state index in [4.69, 9.17) is 4.74 Å². The number of aliphatic imine (C=N–C) groups is 1. The van der Waals surface area contributed by atoms with E-state index in [-0.39, 0.29) is 24.0 Å². The highest BCUT2D eigenvalue weighted by Crippen LogP contribution is 2.11. The minimum Gasteiger partial charge on any atom is -0.380 e. The lowest BCUT2D eigenvalue weighted by molar-refractivity contribution is 0.152. The number of hydrogen-bond donors (Lipinski definition) is 2. The van der Waals surface area contributed by atoms with Crippen LogP contribution in [-0.2, 0) is 4.74 Å². The van der Waals surface area contributed by atoms with E-state index in [2.05, 4.69) is 58.8 Å². The highest BCUT2D eigenvalue weighted by molar-refractivity contribution is 14.0. The summed E-state index contributed by atoms with van der Waals surface area (Å²) in [5.41, 5.74) is 1.27. The van der Waals surface area contributed by atoms with Gasteiger partial charge in [-0.1, -0.05) is 18.2 Å². The highest BCUT2D eigenvalue weighted by atomic mass is 127. The van der Waals surface area contributed by atoms with Gasteiger partial charge in [0.1, 0.15) is 0 Å². The number of para-hydroxylation sites is 1. The number of unbranched alkanes of at least 4 members (excludes halogenated alkanes) is 1. The third-order valence-electron chi connectivity index (χ3n) is 3.46. The molecule has 0 spiro atoms. The Kier molecular flexibility index (Phi) is 14.8. The van der Waals surface area contributed by atoms with Crippen LogP contribution in [0.2, 0.25) is 0 Å². The Morgan fingerprint density at radius 1 is 1.12 bits per heavy atom. The van der Waals surface area contributed by atoms with E-state index in [0.717, 1.165) is 51.6 Å². The number of rotatable bonds is 11. The lowest BCUT2D eigenvalue weighted by Crippen LogP contribution is -2.39. The summed E-state index contributed by atoms with van der Waals surface area (Å²) in [5.74, 6) is 0.878. The first-order valence-corrected chi connectivity index (χ1v) is 8.64. The van der Waals surface area contributed by atoms with Crippen LogP contribution in [0.4, 0.5) is 5.69 Å². The van der Waals surface area contributed by atoms with Gasteiger partial charge in [0.15, 0.2) is 5.96 Å². The fraction of sp³-hybridized carbons (Fsp3) is 0.611. The quantitative estimate of drug-likeness (QED) is 0.237. The van der Waals surface area contributed by atoms with E-state index in [1.807, 2.05) is 13.0 Å². The lowest BCUT2D eigenvalue weighted by Gasteiger charge is -2.18. The van der Waals surface area contributed by atoms with E-state index in [1.165, 1.54) is 5.69 Å². The highest BCUT2D eigenvalue weighted by Gasteiger charge is 2.00. The summed E-state index contributed by atoms with van der Waals surface area (Å²) in [6.07, 6.45) is 2.21. The van der Waals surface area contributed by atoms with Crippen LogP contribution >= 0.6 is 24.0 Å². The van der Waals surface area contributed by atoms with E-state index in [9.17, 15) is 0 Å². The van der Waals surface area contributed by atoms with Crippen molar-refractivity contribution in [3.63, 3.8) is 0 Å². The van der Waals surface area contributed by atoms with Crippen molar-refractivity contribution >= 4 is 35.6 Å². The number of nitrogens with one attached hydrogen (secondary N) is 2. The SMILES string of the molecule is CCNC(=NCCCCN(C)c1ccccc1)NCCOCC.I. The Morgan fingerprint density at radius 3 is 2.54 bits per heavy atom. The predicted molar refractivity (Wildman–Crippen MR) is 115 cm³/mol. The Bertz CT molecular complexity index is 428. The number of halogens is 1. The molecule has 1 aromatic rings.